The van der Waals surface area contributed by atoms with Gasteiger partial charge in [-0.15, -0.1) is 0 Å². The molecule has 2 unspecified atom stereocenters. The highest BCUT2D eigenvalue weighted by Gasteiger charge is 2.36. The average Bonchev–Trinajstić information content (AvgIpc) is 3.01. The van der Waals surface area contributed by atoms with Crippen molar-refractivity contribution in [2.75, 3.05) is 18.1 Å². The van der Waals surface area contributed by atoms with Crippen LogP contribution in [-0.2, 0) is 19.4 Å². The van der Waals surface area contributed by atoms with Gasteiger partial charge in [0.15, 0.2) is 9.84 Å². The minimum atomic E-state index is -3.07. The van der Waals surface area contributed by atoms with Crippen molar-refractivity contribution in [2.45, 2.75) is 51.6 Å². The van der Waals surface area contributed by atoms with E-state index in [2.05, 4.69) is 0 Å². The van der Waals surface area contributed by atoms with Crippen LogP contribution in [-0.4, -0.2) is 54.1 Å². The third-order valence-corrected chi connectivity index (χ3v) is 7.31. The monoisotopic (exact) mass is 404 g/mol. The molecule has 1 aromatic rings. The Kier molecular flexibility index (Phi) is 6.23. The van der Waals surface area contributed by atoms with Crippen molar-refractivity contribution in [3.63, 3.8) is 0 Å². The van der Waals surface area contributed by atoms with Crippen molar-refractivity contribution in [1.82, 2.24) is 9.80 Å². The lowest BCUT2D eigenvalue weighted by molar-refractivity contribution is -0.136. The van der Waals surface area contributed by atoms with Crippen molar-refractivity contribution < 1.29 is 18.0 Å². The van der Waals surface area contributed by atoms with Gasteiger partial charge in [-0.1, -0.05) is 37.6 Å². The smallest absolute Gasteiger partial charge is 0.225 e. The van der Waals surface area contributed by atoms with E-state index in [0.29, 0.717) is 13.0 Å². The lowest BCUT2D eigenvalue weighted by Gasteiger charge is -2.35. The number of unbranched alkanes of at least 4 members (excludes halogenated alkanes) is 1. The van der Waals surface area contributed by atoms with E-state index in [4.69, 9.17) is 0 Å². The van der Waals surface area contributed by atoms with E-state index in [1.165, 1.54) is 6.92 Å². The summed E-state index contributed by atoms with van der Waals surface area (Å²) in [4.78, 5) is 28.8. The van der Waals surface area contributed by atoms with Crippen LogP contribution in [0.1, 0.15) is 56.7 Å². The van der Waals surface area contributed by atoms with Gasteiger partial charge in [0, 0.05) is 25.7 Å². The van der Waals surface area contributed by atoms with Gasteiger partial charge in [-0.3, -0.25) is 9.59 Å². The number of carbonyl (C=O) groups excluding carboxylic acids is 2. The molecular weight excluding hydrogens is 376 g/mol. The maximum atomic E-state index is 13.3. The maximum absolute atomic E-state index is 13.3. The van der Waals surface area contributed by atoms with Gasteiger partial charge in [0.1, 0.15) is 0 Å². The molecule has 3 rings (SSSR count). The van der Waals surface area contributed by atoms with Crippen molar-refractivity contribution in [1.29, 1.82) is 0 Å². The summed E-state index contributed by atoms with van der Waals surface area (Å²) in [6.07, 6.45) is 6.03. The SMILES string of the molecule is CCCCN(C(=O)CC1c2ccccc2C=CN1C(C)=O)C1CCS(=O)(=O)C1. The van der Waals surface area contributed by atoms with E-state index in [1.807, 2.05) is 37.3 Å². The third-order valence-electron chi connectivity index (χ3n) is 5.56. The Labute approximate surface area is 167 Å². The Morgan fingerprint density at radius 1 is 1.25 bits per heavy atom. The van der Waals surface area contributed by atoms with Crippen LogP contribution in [0.3, 0.4) is 0 Å². The minimum absolute atomic E-state index is 0.0417. The molecule has 7 heteroatoms. The van der Waals surface area contributed by atoms with Gasteiger partial charge in [0.2, 0.25) is 11.8 Å². The second-order valence-corrected chi connectivity index (χ2v) is 9.82. The summed E-state index contributed by atoms with van der Waals surface area (Å²) in [6.45, 7) is 4.10. The molecule has 1 fully saturated rings. The number of fused-ring (bicyclic) bond motifs is 1. The first-order valence-corrected chi connectivity index (χ1v) is 11.7. The molecule has 0 radical (unpaired) electrons. The van der Waals surface area contributed by atoms with Crippen molar-refractivity contribution >= 4 is 27.7 Å². The first-order chi connectivity index (χ1) is 13.3. The van der Waals surface area contributed by atoms with Crippen LogP contribution in [0, 0.1) is 0 Å². The van der Waals surface area contributed by atoms with Gasteiger partial charge in [-0.25, -0.2) is 8.42 Å². The Balaban J connectivity index is 1.84. The van der Waals surface area contributed by atoms with Gasteiger partial charge >= 0.3 is 0 Å². The molecule has 152 valence electrons. The molecular formula is C21H28N2O4S. The molecule has 28 heavy (non-hydrogen) atoms. The number of rotatable bonds is 6. The quantitative estimate of drug-likeness (QED) is 0.731. The normalized spacial score (nSPS) is 22.7. The summed E-state index contributed by atoms with van der Waals surface area (Å²) in [5.41, 5.74) is 1.95. The zero-order valence-electron chi connectivity index (χ0n) is 16.5. The molecule has 0 bridgehead atoms. The van der Waals surface area contributed by atoms with Gasteiger partial charge < -0.3 is 9.80 Å². The van der Waals surface area contributed by atoms with Crippen molar-refractivity contribution in [3.8, 4) is 0 Å². The second-order valence-electron chi connectivity index (χ2n) is 7.59. The molecule has 0 aromatic heterocycles. The largest absolute Gasteiger partial charge is 0.339 e. The number of sulfone groups is 1. The number of hydrogen-bond acceptors (Lipinski definition) is 4. The number of carbonyl (C=O) groups is 2. The predicted octanol–water partition coefficient (Wildman–Crippen LogP) is 2.77. The fourth-order valence-corrected chi connectivity index (χ4v) is 5.79. The third kappa shape index (κ3) is 4.46. The highest BCUT2D eigenvalue weighted by molar-refractivity contribution is 7.91. The summed E-state index contributed by atoms with van der Waals surface area (Å²) in [5, 5.41) is 0. The summed E-state index contributed by atoms with van der Waals surface area (Å²) < 4.78 is 23.9. The lowest BCUT2D eigenvalue weighted by Crippen LogP contribution is -2.44. The van der Waals surface area contributed by atoms with Crippen molar-refractivity contribution in [2.24, 2.45) is 0 Å². The highest BCUT2D eigenvalue weighted by Crippen LogP contribution is 2.34. The summed E-state index contributed by atoms with van der Waals surface area (Å²) in [5.74, 6) is -0.0219. The van der Waals surface area contributed by atoms with Crippen molar-refractivity contribution in [3.05, 3.63) is 41.6 Å². The summed E-state index contributed by atoms with van der Waals surface area (Å²) in [7, 11) is -3.07. The molecule has 2 amide bonds. The van der Waals surface area contributed by atoms with Crippen LogP contribution in [0.4, 0.5) is 0 Å². The zero-order valence-corrected chi connectivity index (χ0v) is 17.3. The molecule has 6 nitrogen and oxygen atoms in total. The molecule has 1 saturated heterocycles. The fourth-order valence-electron chi connectivity index (χ4n) is 4.06. The molecule has 0 aliphatic carbocycles. The minimum Gasteiger partial charge on any atom is -0.339 e. The van der Waals surface area contributed by atoms with Crippen LogP contribution in [0.15, 0.2) is 30.5 Å². The van der Waals surface area contributed by atoms with Gasteiger partial charge in [0.05, 0.1) is 24.0 Å². The Bertz CT molecular complexity index is 878. The molecule has 2 atom stereocenters. The highest BCUT2D eigenvalue weighted by atomic mass is 32.2. The van der Waals surface area contributed by atoms with E-state index >= 15 is 0 Å². The first-order valence-electron chi connectivity index (χ1n) is 9.88. The van der Waals surface area contributed by atoms with E-state index in [9.17, 15) is 18.0 Å². The van der Waals surface area contributed by atoms with E-state index in [-0.39, 0.29) is 41.8 Å². The Morgan fingerprint density at radius 3 is 2.64 bits per heavy atom. The number of hydrogen-bond donors (Lipinski definition) is 0. The van der Waals surface area contributed by atoms with Gasteiger partial charge in [-0.2, -0.15) is 0 Å². The van der Waals surface area contributed by atoms with E-state index in [0.717, 1.165) is 24.0 Å². The van der Waals surface area contributed by atoms with Gasteiger partial charge in [-0.05, 0) is 30.0 Å². The summed E-state index contributed by atoms with van der Waals surface area (Å²) in [6, 6.07) is 7.13. The molecule has 2 aliphatic heterocycles. The predicted molar refractivity (Wildman–Crippen MR) is 109 cm³/mol. The fraction of sp³-hybridized carbons (Fsp3) is 0.524. The number of nitrogens with zero attached hydrogens (tertiary/aromatic N) is 2. The van der Waals surface area contributed by atoms with Gasteiger partial charge in [0.25, 0.3) is 0 Å². The first kappa shape index (κ1) is 20.6. The molecule has 1 aromatic carbocycles. The standard InChI is InChI=1S/C21H28N2O4S/c1-3-4-11-23(18-10-13-28(26,27)15-18)21(25)14-20-19-8-6-5-7-17(19)9-12-22(20)16(2)24/h5-9,12,18,20H,3-4,10-11,13-15H2,1-2H3. The van der Waals surface area contributed by atoms with Crippen LogP contribution >= 0.6 is 0 Å². The average molecular weight is 405 g/mol. The maximum Gasteiger partial charge on any atom is 0.225 e. The van der Waals surface area contributed by atoms with Crippen LogP contribution in [0.5, 0.6) is 0 Å². The Hall–Kier alpha value is -2.15. The lowest BCUT2D eigenvalue weighted by atomic mass is 9.93. The molecule has 2 heterocycles. The second kappa shape index (κ2) is 8.47. The number of amides is 2. The number of benzene rings is 1. The van der Waals surface area contributed by atoms with Crippen LogP contribution in [0.25, 0.3) is 6.08 Å². The Morgan fingerprint density at radius 2 is 2.00 bits per heavy atom. The summed E-state index contributed by atoms with van der Waals surface area (Å²) >= 11 is 0. The molecule has 0 N–H and O–H groups in total. The molecule has 0 saturated carbocycles. The zero-order chi connectivity index (χ0) is 20.3. The van der Waals surface area contributed by atoms with Crippen LogP contribution < -0.4 is 0 Å². The van der Waals surface area contributed by atoms with Crippen LogP contribution in [0.2, 0.25) is 0 Å². The van der Waals surface area contributed by atoms with E-state index < -0.39 is 9.84 Å². The van der Waals surface area contributed by atoms with E-state index in [1.54, 1.807) is 16.0 Å². The molecule has 0 spiro atoms. The topological polar surface area (TPSA) is 74.8 Å². The molecule has 2 aliphatic rings.